The molecule has 0 unspecified atom stereocenters. The van der Waals surface area contributed by atoms with Gasteiger partial charge >= 0.3 is 0 Å². The summed E-state index contributed by atoms with van der Waals surface area (Å²) in [5.41, 5.74) is 7.64. The summed E-state index contributed by atoms with van der Waals surface area (Å²) in [7, 11) is 1.71. The minimum Gasteiger partial charge on any atom is -0.497 e. The van der Waals surface area contributed by atoms with Crippen molar-refractivity contribution in [3.63, 3.8) is 0 Å². The summed E-state index contributed by atoms with van der Waals surface area (Å²) in [6.07, 6.45) is 2.03. The van der Waals surface area contributed by atoms with Crippen LogP contribution in [0.5, 0.6) is 5.75 Å². The van der Waals surface area contributed by atoms with Crippen LogP contribution in [0.3, 0.4) is 0 Å². The molecule has 4 aromatic carbocycles. The molecule has 0 atom stereocenters. The number of hydrogen-bond donors (Lipinski definition) is 1. The molecule has 1 N–H and O–H groups in total. The maximum Gasteiger partial charge on any atom is 0.118 e. The van der Waals surface area contributed by atoms with Crippen LogP contribution in [0.2, 0.25) is 0 Å². The van der Waals surface area contributed by atoms with Crippen molar-refractivity contribution in [2.24, 2.45) is 0 Å². The highest BCUT2D eigenvalue weighted by molar-refractivity contribution is 6.14. The van der Waals surface area contributed by atoms with Crippen LogP contribution < -0.4 is 4.74 Å². The van der Waals surface area contributed by atoms with E-state index in [-0.39, 0.29) is 0 Å². The number of rotatable bonds is 5. The quantitative estimate of drug-likeness (QED) is 0.359. The van der Waals surface area contributed by atoms with E-state index in [9.17, 15) is 0 Å². The summed E-state index contributed by atoms with van der Waals surface area (Å²) in [6.45, 7) is 0. The number of fused-ring (bicyclic) bond motifs is 3. The number of nitrogens with one attached hydrogen (secondary N) is 1. The van der Waals surface area contributed by atoms with Crippen LogP contribution in [-0.4, -0.2) is 12.1 Å². The first kappa shape index (κ1) is 17.6. The molecule has 0 aliphatic heterocycles. The van der Waals surface area contributed by atoms with Gasteiger partial charge < -0.3 is 9.72 Å². The van der Waals surface area contributed by atoms with E-state index >= 15 is 0 Å². The Morgan fingerprint density at radius 1 is 0.690 bits per heavy atom. The van der Waals surface area contributed by atoms with Crippen molar-refractivity contribution in [3.05, 3.63) is 102 Å². The van der Waals surface area contributed by atoms with Crippen LogP contribution in [0.15, 0.2) is 91.0 Å². The summed E-state index contributed by atoms with van der Waals surface area (Å²) >= 11 is 0. The van der Waals surface area contributed by atoms with Gasteiger partial charge in [0.25, 0.3) is 0 Å². The molecule has 0 aliphatic rings. The first-order valence-electron chi connectivity index (χ1n) is 10.0. The first-order valence-corrected chi connectivity index (χ1v) is 10.0. The summed E-state index contributed by atoms with van der Waals surface area (Å²) in [5, 5.41) is 2.58. The van der Waals surface area contributed by atoms with Crippen molar-refractivity contribution in [1.29, 1.82) is 0 Å². The second-order valence-corrected chi connectivity index (χ2v) is 7.41. The molecule has 2 heteroatoms. The molecule has 29 heavy (non-hydrogen) atoms. The molecule has 0 amide bonds. The zero-order valence-corrected chi connectivity index (χ0v) is 16.5. The average Bonchev–Trinajstić information content (AvgIpc) is 3.17. The third-order valence-electron chi connectivity index (χ3n) is 5.66. The van der Waals surface area contributed by atoms with Gasteiger partial charge in [-0.25, -0.2) is 0 Å². The monoisotopic (exact) mass is 377 g/mol. The number of H-pyrrole nitrogens is 1. The van der Waals surface area contributed by atoms with Crippen molar-refractivity contribution in [2.75, 3.05) is 7.11 Å². The van der Waals surface area contributed by atoms with Gasteiger partial charge in [0.2, 0.25) is 0 Å². The number of benzene rings is 4. The Labute approximate surface area is 170 Å². The number of methoxy groups -OCH3 is 1. The lowest BCUT2D eigenvalue weighted by atomic mass is 9.91. The molecule has 0 aliphatic carbocycles. The summed E-state index contributed by atoms with van der Waals surface area (Å²) in [4.78, 5) is 3.59. The highest BCUT2D eigenvalue weighted by Gasteiger charge is 2.15. The van der Waals surface area contributed by atoms with Crippen LogP contribution in [-0.2, 0) is 12.8 Å². The van der Waals surface area contributed by atoms with E-state index in [4.69, 9.17) is 4.74 Å². The Morgan fingerprint density at radius 3 is 2.24 bits per heavy atom. The molecule has 142 valence electrons. The minimum absolute atomic E-state index is 0.880. The standard InChI is InChI=1S/C27H23NO/c1-29-22-16-13-21(14-17-22)26-20(12-11-19-7-3-2-4-8-19)15-18-25-27(26)23-9-5-6-10-24(23)28-25/h2-10,13-18,28H,11-12H2,1H3. The molecular formula is C27H23NO. The lowest BCUT2D eigenvalue weighted by Gasteiger charge is -2.13. The Kier molecular flexibility index (Phi) is 4.53. The van der Waals surface area contributed by atoms with Crippen LogP contribution in [0.1, 0.15) is 11.1 Å². The molecule has 0 radical (unpaired) electrons. The lowest BCUT2D eigenvalue weighted by molar-refractivity contribution is 0.415. The topological polar surface area (TPSA) is 25.0 Å². The van der Waals surface area contributed by atoms with Gasteiger partial charge in [-0.2, -0.15) is 0 Å². The number of aromatic amines is 1. The Bertz CT molecular complexity index is 1270. The minimum atomic E-state index is 0.880. The van der Waals surface area contributed by atoms with Crippen LogP contribution in [0, 0.1) is 0 Å². The van der Waals surface area contributed by atoms with Gasteiger partial charge in [0, 0.05) is 21.8 Å². The van der Waals surface area contributed by atoms with Gasteiger partial charge in [-0.3, -0.25) is 0 Å². The van der Waals surface area contributed by atoms with Gasteiger partial charge in [-0.15, -0.1) is 0 Å². The summed E-state index contributed by atoms with van der Waals surface area (Å²) in [6, 6.07) is 32.2. The molecular weight excluding hydrogens is 354 g/mol. The maximum atomic E-state index is 5.38. The molecule has 1 heterocycles. The predicted octanol–water partition coefficient (Wildman–Crippen LogP) is 6.78. The fraction of sp³-hybridized carbons (Fsp3) is 0.111. The van der Waals surface area contributed by atoms with E-state index in [0.29, 0.717) is 0 Å². The van der Waals surface area contributed by atoms with Gasteiger partial charge in [-0.05, 0) is 59.4 Å². The second-order valence-electron chi connectivity index (χ2n) is 7.41. The lowest BCUT2D eigenvalue weighted by Crippen LogP contribution is -1.95. The molecule has 0 spiro atoms. The zero-order chi connectivity index (χ0) is 19.6. The number of aryl methyl sites for hydroxylation is 2. The van der Waals surface area contributed by atoms with E-state index in [2.05, 4.69) is 83.8 Å². The Morgan fingerprint density at radius 2 is 1.45 bits per heavy atom. The van der Waals surface area contributed by atoms with Gasteiger partial charge in [-0.1, -0.05) is 66.7 Å². The van der Waals surface area contributed by atoms with E-state index in [1.807, 2.05) is 12.1 Å². The average molecular weight is 377 g/mol. The SMILES string of the molecule is COc1ccc(-c2c(CCc3ccccc3)ccc3[nH]c4ccccc4c23)cc1. The molecule has 0 bridgehead atoms. The Balaban J connectivity index is 1.69. The molecule has 1 aromatic heterocycles. The summed E-state index contributed by atoms with van der Waals surface area (Å²) < 4.78 is 5.38. The number of ether oxygens (including phenoxy) is 1. The normalized spacial score (nSPS) is 11.2. The molecule has 0 fully saturated rings. The van der Waals surface area contributed by atoms with Crippen molar-refractivity contribution < 1.29 is 4.74 Å². The Hall–Kier alpha value is -3.52. The van der Waals surface area contributed by atoms with Crippen molar-refractivity contribution in [3.8, 4) is 16.9 Å². The number of hydrogen-bond acceptors (Lipinski definition) is 1. The van der Waals surface area contributed by atoms with Gasteiger partial charge in [0.15, 0.2) is 0 Å². The smallest absolute Gasteiger partial charge is 0.118 e. The van der Waals surface area contributed by atoms with E-state index in [1.54, 1.807) is 7.11 Å². The van der Waals surface area contributed by atoms with Crippen molar-refractivity contribution in [1.82, 2.24) is 4.98 Å². The highest BCUT2D eigenvalue weighted by Crippen LogP contribution is 2.38. The largest absolute Gasteiger partial charge is 0.497 e. The fourth-order valence-corrected chi connectivity index (χ4v) is 4.20. The number of para-hydroxylation sites is 1. The fourth-order valence-electron chi connectivity index (χ4n) is 4.20. The second kappa shape index (κ2) is 7.48. The first-order chi connectivity index (χ1) is 14.3. The van der Waals surface area contributed by atoms with Crippen LogP contribution in [0.25, 0.3) is 32.9 Å². The third kappa shape index (κ3) is 3.27. The van der Waals surface area contributed by atoms with Crippen molar-refractivity contribution >= 4 is 21.8 Å². The molecule has 2 nitrogen and oxygen atoms in total. The van der Waals surface area contributed by atoms with E-state index < -0.39 is 0 Å². The molecule has 0 saturated carbocycles. The van der Waals surface area contributed by atoms with E-state index in [1.165, 1.54) is 44.1 Å². The van der Waals surface area contributed by atoms with Crippen molar-refractivity contribution in [2.45, 2.75) is 12.8 Å². The highest BCUT2D eigenvalue weighted by atomic mass is 16.5. The third-order valence-corrected chi connectivity index (χ3v) is 5.66. The predicted molar refractivity (Wildman–Crippen MR) is 122 cm³/mol. The summed E-state index contributed by atoms with van der Waals surface area (Å²) in [5.74, 6) is 0.880. The zero-order valence-electron chi connectivity index (χ0n) is 16.5. The van der Waals surface area contributed by atoms with Crippen LogP contribution in [0.4, 0.5) is 0 Å². The van der Waals surface area contributed by atoms with E-state index in [0.717, 1.165) is 18.6 Å². The van der Waals surface area contributed by atoms with Crippen LogP contribution >= 0.6 is 0 Å². The van der Waals surface area contributed by atoms with Gasteiger partial charge in [0.05, 0.1) is 7.11 Å². The molecule has 5 rings (SSSR count). The molecule has 0 saturated heterocycles. The molecule has 5 aromatic rings. The maximum absolute atomic E-state index is 5.38. The van der Waals surface area contributed by atoms with Gasteiger partial charge in [0.1, 0.15) is 5.75 Å². The number of aromatic nitrogens is 1.